The Bertz CT molecular complexity index is 429. The average Bonchev–Trinajstić information content (AvgIpc) is 2.72. The number of benzene rings is 1. The van der Waals surface area contributed by atoms with Crippen molar-refractivity contribution in [3.8, 4) is 5.75 Å². The molecule has 2 rings (SSSR count). The number of carboxylic acid groups (broad SMARTS) is 1. The van der Waals surface area contributed by atoms with Gasteiger partial charge in [-0.2, -0.15) is 0 Å². The lowest BCUT2D eigenvalue weighted by molar-refractivity contribution is -0.139. The molecule has 0 saturated heterocycles. The van der Waals surface area contributed by atoms with E-state index in [0.29, 0.717) is 13.2 Å². The third-order valence-electron chi connectivity index (χ3n) is 2.96. The first-order valence-electron chi connectivity index (χ1n) is 5.71. The summed E-state index contributed by atoms with van der Waals surface area (Å²) in [7, 11) is 3.76. The van der Waals surface area contributed by atoms with Crippen molar-refractivity contribution in [2.75, 3.05) is 27.2 Å². The molecule has 1 aromatic carbocycles. The van der Waals surface area contributed by atoms with Gasteiger partial charge in [0.2, 0.25) is 0 Å². The van der Waals surface area contributed by atoms with Gasteiger partial charge in [0, 0.05) is 13.0 Å². The second-order valence-electron chi connectivity index (χ2n) is 4.62. The lowest BCUT2D eigenvalue weighted by Crippen LogP contribution is -2.26. The SMILES string of the molecule is CN(C)CC(C(=O)O)c1ccc2c(c1)CCO2. The summed E-state index contributed by atoms with van der Waals surface area (Å²) in [5.74, 6) is -0.365. The molecule has 1 aromatic rings. The maximum absolute atomic E-state index is 11.3. The molecule has 0 bridgehead atoms. The van der Waals surface area contributed by atoms with Gasteiger partial charge in [-0.15, -0.1) is 0 Å². The summed E-state index contributed by atoms with van der Waals surface area (Å²) in [5, 5.41) is 9.27. The standard InChI is InChI=1S/C13H17NO3/c1-14(2)8-11(13(15)16)9-3-4-12-10(7-9)5-6-17-12/h3-4,7,11H,5-6,8H2,1-2H3,(H,15,16). The lowest BCUT2D eigenvalue weighted by Gasteiger charge is -2.18. The van der Waals surface area contributed by atoms with Gasteiger partial charge >= 0.3 is 5.97 Å². The molecule has 0 aliphatic carbocycles. The van der Waals surface area contributed by atoms with Crippen LogP contribution in [0.4, 0.5) is 0 Å². The zero-order chi connectivity index (χ0) is 12.4. The van der Waals surface area contributed by atoms with E-state index in [0.717, 1.165) is 23.3 Å². The first-order chi connectivity index (χ1) is 8.08. The van der Waals surface area contributed by atoms with Crippen molar-refractivity contribution >= 4 is 5.97 Å². The van der Waals surface area contributed by atoms with Crippen molar-refractivity contribution in [1.29, 1.82) is 0 Å². The molecular weight excluding hydrogens is 218 g/mol. The van der Waals surface area contributed by atoms with E-state index in [-0.39, 0.29) is 0 Å². The molecule has 1 aliphatic heterocycles. The van der Waals surface area contributed by atoms with Gasteiger partial charge in [-0.3, -0.25) is 4.79 Å². The maximum Gasteiger partial charge on any atom is 0.312 e. The van der Waals surface area contributed by atoms with E-state index in [1.807, 2.05) is 37.2 Å². The van der Waals surface area contributed by atoms with Crippen LogP contribution in [0.3, 0.4) is 0 Å². The van der Waals surface area contributed by atoms with Gasteiger partial charge in [0.05, 0.1) is 12.5 Å². The van der Waals surface area contributed by atoms with Crippen LogP contribution in [0, 0.1) is 0 Å². The topological polar surface area (TPSA) is 49.8 Å². The van der Waals surface area contributed by atoms with Crippen LogP contribution < -0.4 is 4.74 Å². The van der Waals surface area contributed by atoms with E-state index in [1.54, 1.807) is 0 Å². The van der Waals surface area contributed by atoms with Crippen molar-refractivity contribution in [3.05, 3.63) is 29.3 Å². The van der Waals surface area contributed by atoms with E-state index in [4.69, 9.17) is 4.74 Å². The highest BCUT2D eigenvalue weighted by Gasteiger charge is 2.22. The number of carboxylic acids is 1. The molecular formula is C13H17NO3. The molecule has 1 unspecified atom stereocenters. The number of likely N-dealkylation sites (N-methyl/N-ethyl adjacent to an activating group) is 1. The van der Waals surface area contributed by atoms with Gasteiger partial charge < -0.3 is 14.7 Å². The number of carbonyl (C=O) groups is 1. The fourth-order valence-electron chi connectivity index (χ4n) is 2.11. The summed E-state index contributed by atoms with van der Waals surface area (Å²) >= 11 is 0. The molecule has 1 N–H and O–H groups in total. The highest BCUT2D eigenvalue weighted by molar-refractivity contribution is 5.76. The molecule has 4 heteroatoms. The lowest BCUT2D eigenvalue weighted by atomic mass is 9.96. The average molecular weight is 235 g/mol. The van der Waals surface area contributed by atoms with Gasteiger partial charge in [0.1, 0.15) is 5.75 Å². The number of nitrogens with zero attached hydrogens (tertiary/aromatic N) is 1. The van der Waals surface area contributed by atoms with E-state index in [1.165, 1.54) is 0 Å². The highest BCUT2D eigenvalue weighted by atomic mass is 16.5. The van der Waals surface area contributed by atoms with Crippen molar-refractivity contribution in [2.24, 2.45) is 0 Å². The van der Waals surface area contributed by atoms with Crippen LogP contribution in [0.1, 0.15) is 17.0 Å². The van der Waals surface area contributed by atoms with Crippen LogP contribution in [-0.4, -0.2) is 43.2 Å². The Labute approximate surface area is 101 Å². The molecule has 0 aromatic heterocycles. The van der Waals surface area contributed by atoms with E-state index < -0.39 is 11.9 Å². The molecule has 4 nitrogen and oxygen atoms in total. The van der Waals surface area contributed by atoms with Gasteiger partial charge in [-0.05, 0) is 31.3 Å². The predicted octanol–water partition coefficient (Wildman–Crippen LogP) is 1.35. The summed E-state index contributed by atoms with van der Waals surface area (Å²) in [4.78, 5) is 13.2. The van der Waals surface area contributed by atoms with Gasteiger partial charge in [-0.1, -0.05) is 12.1 Å². The number of hydrogen-bond donors (Lipinski definition) is 1. The molecule has 17 heavy (non-hydrogen) atoms. The Kier molecular flexibility index (Phi) is 3.33. The molecule has 1 atom stereocenters. The third-order valence-corrected chi connectivity index (χ3v) is 2.96. The van der Waals surface area contributed by atoms with Crippen LogP contribution in [0.5, 0.6) is 5.75 Å². The normalized spacial score (nSPS) is 15.5. The van der Waals surface area contributed by atoms with E-state index in [2.05, 4.69) is 0 Å². The molecule has 0 saturated carbocycles. The summed E-state index contributed by atoms with van der Waals surface area (Å²) in [6, 6.07) is 5.69. The van der Waals surface area contributed by atoms with Crippen molar-refractivity contribution in [1.82, 2.24) is 4.90 Å². The Balaban J connectivity index is 2.27. The number of ether oxygens (including phenoxy) is 1. The Morgan fingerprint density at radius 1 is 1.53 bits per heavy atom. The summed E-state index contributed by atoms with van der Waals surface area (Å²) in [5.41, 5.74) is 1.97. The minimum Gasteiger partial charge on any atom is -0.493 e. The summed E-state index contributed by atoms with van der Waals surface area (Å²) < 4.78 is 5.42. The van der Waals surface area contributed by atoms with E-state index in [9.17, 15) is 9.90 Å². The molecule has 0 spiro atoms. The van der Waals surface area contributed by atoms with Gasteiger partial charge in [0.25, 0.3) is 0 Å². The third kappa shape index (κ3) is 2.58. The van der Waals surface area contributed by atoms with Crippen molar-refractivity contribution in [2.45, 2.75) is 12.3 Å². The van der Waals surface area contributed by atoms with Crippen molar-refractivity contribution < 1.29 is 14.6 Å². The van der Waals surface area contributed by atoms with Gasteiger partial charge in [0.15, 0.2) is 0 Å². The Morgan fingerprint density at radius 2 is 2.29 bits per heavy atom. The molecule has 92 valence electrons. The van der Waals surface area contributed by atoms with Crippen LogP contribution in [0.15, 0.2) is 18.2 Å². The first kappa shape index (κ1) is 11.9. The fraction of sp³-hybridized carbons (Fsp3) is 0.462. The second-order valence-corrected chi connectivity index (χ2v) is 4.62. The maximum atomic E-state index is 11.3. The largest absolute Gasteiger partial charge is 0.493 e. The fourth-order valence-corrected chi connectivity index (χ4v) is 2.11. The number of aliphatic carboxylic acids is 1. The molecule has 0 amide bonds. The number of fused-ring (bicyclic) bond motifs is 1. The monoisotopic (exact) mass is 235 g/mol. The van der Waals surface area contributed by atoms with Crippen LogP contribution in [0.25, 0.3) is 0 Å². The zero-order valence-corrected chi connectivity index (χ0v) is 10.1. The first-order valence-corrected chi connectivity index (χ1v) is 5.71. The second kappa shape index (κ2) is 4.75. The number of hydrogen-bond acceptors (Lipinski definition) is 3. The smallest absolute Gasteiger partial charge is 0.312 e. The Hall–Kier alpha value is -1.55. The predicted molar refractivity (Wildman–Crippen MR) is 64.6 cm³/mol. The minimum absolute atomic E-state index is 0.476. The zero-order valence-electron chi connectivity index (χ0n) is 10.1. The quantitative estimate of drug-likeness (QED) is 0.856. The van der Waals surface area contributed by atoms with Gasteiger partial charge in [-0.25, -0.2) is 0 Å². The highest BCUT2D eigenvalue weighted by Crippen LogP contribution is 2.29. The Morgan fingerprint density at radius 3 is 2.94 bits per heavy atom. The minimum atomic E-state index is -0.780. The van der Waals surface area contributed by atoms with E-state index >= 15 is 0 Å². The summed E-state index contributed by atoms with van der Waals surface area (Å²) in [6.07, 6.45) is 0.872. The molecule has 0 fully saturated rings. The van der Waals surface area contributed by atoms with Crippen LogP contribution in [-0.2, 0) is 11.2 Å². The molecule has 1 heterocycles. The molecule has 0 radical (unpaired) electrons. The summed E-state index contributed by atoms with van der Waals surface area (Å²) in [6.45, 7) is 1.21. The van der Waals surface area contributed by atoms with Crippen molar-refractivity contribution in [3.63, 3.8) is 0 Å². The van der Waals surface area contributed by atoms with Crippen LogP contribution in [0.2, 0.25) is 0 Å². The molecule has 1 aliphatic rings. The number of rotatable bonds is 4. The van der Waals surface area contributed by atoms with Crippen LogP contribution >= 0.6 is 0 Å².